The summed E-state index contributed by atoms with van der Waals surface area (Å²) in [4.78, 5) is 16.0. The quantitative estimate of drug-likeness (QED) is 0.640. The molecule has 0 spiro atoms. The lowest BCUT2D eigenvalue weighted by atomic mass is 9.91. The number of rotatable bonds is 0. The Morgan fingerprint density at radius 3 is 2.73 bits per heavy atom. The number of halogens is 1. The first kappa shape index (κ1) is 10.0. The number of fused-ring (bicyclic) bond motifs is 1. The first-order valence-corrected chi connectivity index (χ1v) is 4.90. The minimum atomic E-state index is -0.300. The van der Waals surface area contributed by atoms with Crippen molar-refractivity contribution in [2.24, 2.45) is 10.9 Å². The van der Waals surface area contributed by atoms with Gasteiger partial charge in [0.1, 0.15) is 5.82 Å². The Balaban J connectivity index is 2.75. The Morgan fingerprint density at radius 1 is 1.40 bits per heavy atom. The van der Waals surface area contributed by atoms with Crippen molar-refractivity contribution in [2.75, 3.05) is 0 Å². The van der Waals surface area contributed by atoms with E-state index in [1.54, 1.807) is 33.1 Å². The molecule has 0 fully saturated rings. The summed E-state index contributed by atoms with van der Waals surface area (Å²) >= 11 is 0. The van der Waals surface area contributed by atoms with E-state index in [2.05, 4.69) is 4.99 Å². The molecule has 1 heterocycles. The van der Waals surface area contributed by atoms with Crippen molar-refractivity contribution < 1.29 is 9.18 Å². The van der Waals surface area contributed by atoms with Crippen LogP contribution in [-0.2, 0) is 0 Å². The number of aryl methyl sites for hydroxylation is 1. The van der Waals surface area contributed by atoms with Gasteiger partial charge >= 0.3 is 0 Å². The maximum Gasteiger partial charge on any atom is 0.173 e. The average molecular weight is 205 g/mol. The summed E-state index contributed by atoms with van der Waals surface area (Å²) in [7, 11) is 0. The Labute approximate surface area is 87.8 Å². The zero-order chi connectivity index (χ0) is 11.2. The van der Waals surface area contributed by atoms with Crippen LogP contribution in [0.2, 0.25) is 0 Å². The van der Waals surface area contributed by atoms with Gasteiger partial charge in [0.2, 0.25) is 0 Å². The summed E-state index contributed by atoms with van der Waals surface area (Å²) in [5.74, 6) is -0.596. The fraction of sp³-hybridized carbons (Fsp3) is 0.333. The molecular formula is C12H12FNO. The van der Waals surface area contributed by atoms with Crippen molar-refractivity contribution in [1.82, 2.24) is 0 Å². The topological polar surface area (TPSA) is 29.4 Å². The second-order valence-corrected chi connectivity index (χ2v) is 3.96. The zero-order valence-corrected chi connectivity index (χ0v) is 8.97. The number of carbonyl (C=O) groups excluding carboxylic acids is 1. The van der Waals surface area contributed by atoms with Crippen molar-refractivity contribution in [1.29, 1.82) is 0 Å². The maximum atomic E-state index is 13.6. The van der Waals surface area contributed by atoms with E-state index in [1.165, 1.54) is 0 Å². The second-order valence-electron chi connectivity index (χ2n) is 3.96. The number of hydrogen-bond acceptors (Lipinski definition) is 2. The normalized spacial score (nSPS) is 19.2. The number of benzene rings is 1. The van der Waals surface area contributed by atoms with Crippen molar-refractivity contribution in [3.05, 3.63) is 28.6 Å². The zero-order valence-electron chi connectivity index (χ0n) is 8.97. The van der Waals surface area contributed by atoms with Gasteiger partial charge in [-0.15, -0.1) is 0 Å². The number of carbonyl (C=O) groups is 1. The minimum Gasteiger partial charge on any atom is -0.293 e. The predicted molar refractivity (Wildman–Crippen MR) is 57.5 cm³/mol. The van der Waals surface area contributed by atoms with Crippen LogP contribution in [0.15, 0.2) is 11.1 Å². The van der Waals surface area contributed by atoms with Gasteiger partial charge < -0.3 is 0 Å². The Morgan fingerprint density at radius 2 is 2.07 bits per heavy atom. The Bertz CT molecular complexity index is 477. The van der Waals surface area contributed by atoms with Gasteiger partial charge in [-0.1, -0.05) is 6.92 Å². The van der Waals surface area contributed by atoms with E-state index in [0.717, 1.165) is 0 Å². The number of aliphatic imine (C=N–C) groups is 1. The number of ketones is 1. The van der Waals surface area contributed by atoms with Crippen molar-refractivity contribution in [3.63, 3.8) is 0 Å². The molecule has 0 amide bonds. The maximum absolute atomic E-state index is 13.6. The first-order chi connectivity index (χ1) is 7.02. The van der Waals surface area contributed by atoms with Crippen LogP contribution >= 0.6 is 0 Å². The molecule has 0 aliphatic carbocycles. The van der Waals surface area contributed by atoms with E-state index in [0.29, 0.717) is 22.4 Å². The van der Waals surface area contributed by atoms with Crippen LogP contribution in [0, 0.1) is 25.6 Å². The third-order valence-electron chi connectivity index (χ3n) is 2.76. The molecule has 1 aromatic carbocycles. The summed E-state index contributed by atoms with van der Waals surface area (Å²) in [6.45, 7) is 5.08. The predicted octanol–water partition coefficient (Wildman–Crippen LogP) is 2.98. The minimum absolute atomic E-state index is 0.0450. The molecule has 1 aliphatic heterocycles. The largest absolute Gasteiger partial charge is 0.293 e. The second kappa shape index (κ2) is 3.26. The number of nitrogens with zero attached hydrogens (tertiary/aromatic N) is 1. The molecule has 1 unspecified atom stereocenters. The van der Waals surface area contributed by atoms with E-state index < -0.39 is 0 Å². The molecule has 1 atom stereocenters. The Hall–Kier alpha value is -1.51. The molecule has 0 saturated carbocycles. The summed E-state index contributed by atoms with van der Waals surface area (Å²) in [5, 5.41) is 0. The first-order valence-electron chi connectivity index (χ1n) is 4.90. The SMILES string of the molecule is Cc1cc2c(c(C)c1F)C(=O)C(C)C=N2. The van der Waals surface area contributed by atoms with Crippen LogP contribution in [0.25, 0.3) is 0 Å². The van der Waals surface area contributed by atoms with Crippen LogP contribution < -0.4 is 0 Å². The van der Waals surface area contributed by atoms with Crippen LogP contribution in [0.5, 0.6) is 0 Å². The Kier molecular flexibility index (Phi) is 2.18. The van der Waals surface area contributed by atoms with E-state index in [4.69, 9.17) is 0 Å². The highest BCUT2D eigenvalue weighted by atomic mass is 19.1. The molecular weight excluding hydrogens is 193 g/mol. The molecule has 0 saturated heterocycles. The molecule has 2 nitrogen and oxygen atoms in total. The third kappa shape index (κ3) is 1.39. The van der Waals surface area contributed by atoms with Crippen molar-refractivity contribution in [3.8, 4) is 0 Å². The lowest BCUT2D eigenvalue weighted by Crippen LogP contribution is -2.18. The molecule has 1 aromatic rings. The van der Waals surface area contributed by atoms with Gasteiger partial charge in [-0.05, 0) is 31.0 Å². The van der Waals surface area contributed by atoms with Crippen molar-refractivity contribution in [2.45, 2.75) is 20.8 Å². The van der Waals surface area contributed by atoms with Gasteiger partial charge in [-0.25, -0.2) is 4.39 Å². The summed E-state index contributed by atoms with van der Waals surface area (Å²) < 4.78 is 13.6. The molecule has 0 bridgehead atoms. The van der Waals surface area contributed by atoms with Gasteiger partial charge in [0, 0.05) is 11.8 Å². The summed E-state index contributed by atoms with van der Waals surface area (Å²) in [6.07, 6.45) is 1.61. The van der Waals surface area contributed by atoms with Crippen LogP contribution in [0.3, 0.4) is 0 Å². The highest BCUT2D eigenvalue weighted by Gasteiger charge is 2.25. The van der Waals surface area contributed by atoms with E-state index in [-0.39, 0.29) is 17.5 Å². The van der Waals surface area contributed by atoms with E-state index >= 15 is 0 Å². The van der Waals surface area contributed by atoms with E-state index in [1.807, 2.05) is 0 Å². The molecule has 0 N–H and O–H groups in total. The molecule has 3 heteroatoms. The standard InChI is InChI=1S/C12H12FNO/c1-6-4-9-10(8(3)11(6)13)12(15)7(2)5-14-9/h4-5,7H,1-3H3. The van der Waals surface area contributed by atoms with Gasteiger partial charge in [-0.2, -0.15) is 0 Å². The fourth-order valence-corrected chi connectivity index (χ4v) is 1.84. The highest BCUT2D eigenvalue weighted by molar-refractivity contribution is 6.12. The average Bonchev–Trinajstić information content (AvgIpc) is 2.20. The molecule has 15 heavy (non-hydrogen) atoms. The van der Waals surface area contributed by atoms with Gasteiger partial charge in [0.25, 0.3) is 0 Å². The smallest absolute Gasteiger partial charge is 0.173 e. The molecule has 2 rings (SSSR count). The third-order valence-corrected chi connectivity index (χ3v) is 2.76. The van der Waals surface area contributed by atoms with Gasteiger partial charge in [-0.3, -0.25) is 9.79 Å². The van der Waals surface area contributed by atoms with Gasteiger partial charge in [0.05, 0.1) is 11.6 Å². The van der Waals surface area contributed by atoms with Crippen LogP contribution in [0.1, 0.15) is 28.4 Å². The van der Waals surface area contributed by atoms with Crippen LogP contribution in [0.4, 0.5) is 10.1 Å². The van der Waals surface area contributed by atoms with Crippen molar-refractivity contribution >= 4 is 17.7 Å². The number of Topliss-reactive ketones (excluding diaryl/α,β-unsaturated/α-hetero) is 1. The van der Waals surface area contributed by atoms with E-state index in [9.17, 15) is 9.18 Å². The highest BCUT2D eigenvalue weighted by Crippen LogP contribution is 2.32. The summed E-state index contributed by atoms with van der Waals surface area (Å²) in [5.41, 5.74) is 1.98. The molecule has 0 aromatic heterocycles. The number of hydrogen-bond donors (Lipinski definition) is 0. The fourth-order valence-electron chi connectivity index (χ4n) is 1.84. The van der Waals surface area contributed by atoms with Gasteiger partial charge in [0.15, 0.2) is 5.78 Å². The lowest BCUT2D eigenvalue weighted by molar-refractivity contribution is 0.0961. The van der Waals surface area contributed by atoms with Crippen LogP contribution in [-0.4, -0.2) is 12.0 Å². The summed E-state index contributed by atoms with van der Waals surface area (Å²) in [6, 6.07) is 1.62. The monoisotopic (exact) mass is 205 g/mol. The molecule has 78 valence electrons. The lowest BCUT2D eigenvalue weighted by Gasteiger charge is -2.17. The molecule has 1 aliphatic rings. The molecule has 0 radical (unpaired) electrons.